The number of hydrogen-bond donors (Lipinski definition) is 1. The molecule has 1 amide bonds. The van der Waals surface area contributed by atoms with Crippen molar-refractivity contribution in [2.45, 2.75) is 0 Å². The van der Waals surface area contributed by atoms with E-state index in [-0.39, 0.29) is 0 Å². The highest BCUT2D eigenvalue weighted by Crippen LogP contribution is 2.21. The molecular weight excluding hydrogens is 346 g/mol. The van der Waals surface area contributed by atoms with Gasteiger partial charge in [-0.15, -0.1) is 16.4 Å². The van der Waals surface area contributed by atoms with E-state index in [0.29, 0.717) is 22.0 Å². The molecule has 0 radical (unpaired) electrons. The number of nitrogens with zero attached hydrogens (tertiary/aromatic N) is 4. The van der Waals surface area contributed by atoms with Crippen LogP contribution in [0.4, 0.5) is 5.69 Å². The van der Waals surface area contributed by atoms with E-state index in [1.807, 2.05) is 0 Å². The third-order valence-corrected chi connectivity index (χ3v) is 4.02. The first-order valence-corrected chi connectivity index (χ1v) is 7.97. The molecule has 0 aliphatic rings. The molecule has 128 valence electrons. The fourth-order valence-electron chi connectivity index (χ4n) is 1.98. The molecule has 3 aromatic rings. The van der Waals surface area contributed by atoms with Crippen LogP contribution in [0.1, 0.15) is 9.67 Å². The lowest BCUT2D eigenvalue weighted by Gasteiger charge is -2.07. The largest absolute Gasteiger partial charge is 0.497 e. The van der Waals surface area contributed by atoms with Crippen LogP contribution in [-0.4, -0.2) is 45.8 Å². The van der Waals surface area contributed by atoms with Crippen LogP contribution in [-0.2, 0) is 9.53 Å². The summed E-state index contributed by atoms with van der Waals surface area (Å²) in [6, 6.07) is 8.49. The Morgan fingerprint density at radius 3 is 2.72 bits per heavy atom. The number of thiophene rings is 1. The molecule has 2 heterocycles. The van der Waals surface area contributed by atoms with Crippen molar-refractivity contribution in [2.24, 2.45) is 0 Å². The number of carbonyl (C=O) groups excluding carboxylic acids is 2. The van der Waals surface area contributed by atoms with Gasteiger partial charge < -0.3 is 14.8 Å². The van der Waals surface area contributed by atoms with Crippen LogP contribution in [0, 0.1) is 0 Å². The number of amides is 1. The van der Waals surface area contributed by atoms with Gasteiger partial charge in [-0.1, -0.05) is 0 Å². The van der Waals surface area contributed by atoms with Crippen molar-refractivity contribution in [3.05, 3.63) is 46.9 Å². The standard InChI is InChI=1S/C15H13N5O4S/c1-23-11-4-2-10(3-5-11)17-13(21)8-24-15(22)14-12(6-7-25-14)20-9-16-18-19-20/h2-7,9H,8H2,1H3,(H,17,21). The summed E-state index contributed by atoms with van der Waals surface area (Å²) in [6.07, 6.45) is 1.37. The van der Waals surface area contributed by atoms with E-state index >= 15 is 0 Å². The lowest BCUT2D eigenvalue weighted by atomic mass is 10.3. The number of ether oxygens (including phenoxy) is 2. The molecule has 1 aromatic carbocycles. The van der Waals surface area contributed by atoms with E-state index in [1.54, 1.807) is 42.8 Å². The topological polar surface area (TPSA) is 108 Å². The summed E-state index contributed by atoms with van der Waals surface area (Å²) in [5, 5.41) is 15.1. The Morgan fingerprint density at radius 1 is 1.24 bits per heavy atom. The van der Waals surface area contributed by atoms with Gasteiger partial charge in [-0.3, -0.25) is 4.79 Å². The van der Waals surface area contributed by atoms with E-state index in [9.17, 15) is 9.59 Å². The van der Waals surface area contributed by atoms with Crippen molar-refractivity contribution in [1.29, 1.82) is 0 Å². The Labute approximate surface area is 146 Å². The average molecular weight is 359 g/mol. The molecule has 0 aliphatic heterocycles. The second-order valence-electron chi connectivity index (χ2n) is 4.74. The monoisotopic (exact) mass is 359 g/mol. The van der Waals surface area contributed by atoms with Gasteiger partial charge in [-0.05, 0) is 46.1 Å². The molecule has 0 bridgehead atoms. The van der Waals surface area contributed by atoms with Gasteiger partial charge in [-0.25, -0.2) is 4.79 Å². The van der Waals surface area contributed by atoms with Crippen molar-refractivity contribution in [3.8, 4) is 11.4 Å². The summed E-state index contributed by atoms with van der Waals surface area (Å²) < 4.78 is 11.4. The average Bonchev–Trinajstić information content (AvgIpc) is 3.31. The number of nitrogens with one attached hydrogen (secondary N) is 1. The maximum absolute atomic E-state index is 12.2. The minimum absolute atomic E-state index is 0.310. The number of methoxy groups -OCH3 is 1. The molecule has 0 unspecified atom stereocenters. The quantitative estimate of drug-likeness (QED) is 0.665. The summed E-state index contributed by atoms with van der Waals surface area (Å²) in [6.45, 7) is -0.405. The Balaban J connectivity index is 1.57. The Hall–Kier alpha value is -3.27. The van der Waals surface area contributed by atoms with Crippen molar-refractivity contribution < 1.29 is 19.1 Å². The van der Waals surface area contributed by atoms with Gasteiger partial charge in [0.25, 0.3) is 5.91 Å². The number of benzene rings is 1. The van der Waals surface area contributed by atoms with Crippen molar-refractivity contribution in [1.82, 2.24) is 20.2 Å². The minimum atomic E-state index is -0.620. The second kappa shape index (κ2) is 7.53. The summed E-state index contributed by atoms with van der Waals surface area (Å²) in [5.41, 5.74) is 1.07. The summed E-state index contributed by atoms with van der Waals surface area (Å²) in [7, 11) is 1.56. The van der Waals surface area contributed by atoms with E-state index in [4.69, 9.17) is 9.47 Å². The summed E-state index contributed by atoms with van der Waals surface area (Å²) in [5.74, 6) is -0.387. The highest BCUT2D eigenvalue weighted by molar-refractivity contribution is 7.12. The normalized spacial score (nSPS) is 10.3. The minimum Gasteiger partial charge on any atom is -0.497 e. The fraction of sp³-hybridized carbons (Fsp3) is 0.133. The smallest absolute Gasteiger partial charge is 0.351 e. The zero-order valence-corrected chi connectivity index (χ0v) is 13.9. The Kier molecular flexibility index (Phi) is 5.00. The third kappa shape index (κ3) is 3.98. The molecule has 25 heavy (non-hydrogen) atoms. The lowest BCUT2D eigenvalue weighted by Crippen LogP contribution is -2.21. The first kappa shape index (κ1) is 16.6. The van der Waals surface area contributed by atoms with E-state index in [2.05, 4.69) is 20.8 Å². The molecule has 0 atom stereocenters. The molecule has 0 aliphatic carbocycles. The van der Waals surface area contributed by atoms with Crippen LogP contribution in [0.25, 0.3) is 5.69 Å². The number of carbonyl (C=O) groups is 2. The molecule has 0 saturated heterocycles. The van der Waals surface area contributed by atoms with Gasteiger partial charge in [0.15, 0.2) is 6.61 Å². The van der Waals surface area contributed by atoms with Crippen LogP contribution in [0.15, 0.2) is 42.0 Å². The first-order chi connectivity index (χ1) is 12.2. The van der Waals surface area contributed by atoms with E-state index in [1.165, 1.54) is 22.3 Å². The van der Waals surface area contributed by atoms with Crippen LogP contribution in [0.3, 0.4) is 0 Å². The van der Waals surface area contributed by atoms with E-state index < -0.39 is 18.5 Å². The van der Waals surface area contributed by atoms with Gasteiger partial charge >= 0.3 is 5.97 Å². The predicted molar refractivity (Wildman–Crippen MR) is 88.9 cm³/mol. The zero-order chi connectivity index (χ0) is 17.6. The highest BCUT2D eigenvalue weighted by atomic mass is 32.1. The zero-order valence-electron chi connectivity index (χ0n) is 13.1. The van der Waals surface area contributed by atoms with Crippen LogP contribution < -0.4 is 10.1 Å². The maximum atomic E-state index is 12.2. The SMILES string of the molecule is COc1ccc(NC(=O)COC(=O)c2sccc2-n2cnnn2)cc1. The molecule has 9 nitrogen and oxygen atoms in total. The highest BCUT2D eigenvalue weighted by Gasteiger charge is 2.18. The van der Waals surface area contributed by atoms with Crippen molar-refractivity contribution in [3.63, 3.8) is 0 Å². The molecular formula is C15H13N5O4S. The molecule has 10 heteroatoms. The van der Waals surface area contributed by atoms with Gasteiger partial charge in [0.2, 0.25) is 0 Å². The summed E-state index contributed by atoms with van der Waals surface area (Å²) in [4.78, 5) is 24.4. The number of esters is 1. The maximum Gasteiger partial charge on any atom is 0.351 e. The Morgan fingerprint density at radius 2 is 2.04 bits per heavy atom. The molecule has 2 aromatic heterocycles. The number of hydrogen-bond acceptors (Lipinski definition) is 8. The Bertz CT molecular complexity index is 860. The number of anilines is 1. The number of aromatic nitrogens is 4. The second-order valence-corrected chi connectivity index (χ2v) is 5.66. The fourth-order valence-corrected chi connectivity index (χ4v) is 2.75. The van der Waals surface area contributed by atoms with Crippen LogP contribution in [0.5, 0.6) is 5.75 Å². The van der Waals surface area contributed by atoms with Crippen molar-refractivity contribution >= 4 is 28.9 Å². The van der Waals surface area contributed by atoms with Crippen LogP contribution >= 0.6 is 11.3 Å². The molecule has 1 N–H and O–H groups in total. The van der Waals surface area contributed by atoms with Gasteiger partial charge in [0, 0.05) is 5.69 Å². The van der Waals surface area contributed by atoms with Crippen LogP contribution in [0.2, 0.25) is 0 Å². The molecule has 0 fully saturated rings. The summed E-state index contributed by atoms with van der Waals surface area (Å²) >= 11 is 1.18. The molecule has 0 spiro atoms. The van der Waals surface area contributed by atoms with Crippen molar-refractivity contribution in [2.75, 3.05) is 19.0 Å². The molecule has 3 rings (SSSR count). The third-order valence-electron chi connectivity index (χ3n) is 3.13. The van der Waals surface area contributed by atoms with Gasteiger partial charge in [0.05, 0.1) is 12.8 Å². The van der Waals surface area contributed by atoms with Gasteiger partial charge in [0.1, 0.15) is 17.0 Å². The lowest BCUT2D eigenvalue weighted by molar-refractivity contribution is -0.119. The first-order valence-electron chi connectivity index (χ1n) is 7.09. The number of tetrazole rings is 1. The number of rotatable bonds is 6. The van der Waals surface area contributed by atoms with Gasteiger partial charge in [-0.2, -0.15) is 4.68 Å². The predicted octanol–water partition coefficient (Wildman–Crippen LogP) is 1.53. The van der Waals surface area contributed by atoms with E-state index in [0.717, 1.165) is 0 Å². The molecule has 0 saturated carbocycles.